The number of H-pyrrole nitrogens is 1. The van der Waals surface area contributed by atoms with Crippen LogP contribution in [0.1, 0.15) is 12.8 Å². The topological polar surface area (TPSA) is 99.2 Å². The molecular formula is C19H17N3O4S. The lowest BCUT2D eigenvalue weighted by Gasteiger charge is -2.28. The van der Waals surface area contributed by atoms with Gasteiger partial charge in [0.15, 0.2) is 16.2 Å². The van der Waals surface area contributed by atoms with Gasteiger partial charge in [-0.15, -0.1) is 0 Å². The van der Waals surface area contributed by atoms with E-state index in [0.717, 1.165) is 10.9 Å². The molecule has 0 saturated heterocycles. The van der Waals surface area contributed by atoms with E-state index in [4.69, 9.17) is 4.74 Å². The summed E-state index contributed by atoms with van der Waals surface area (Å²) in [7, 11) is 1.69. The number of hydrogen-bond donors (Lipinski definition) is 2. The van der Waals surface area contributed by atoms with Crippen molar-refractivity contribution in [3.63, 3.8) is 0 Å². The lowest BCUT2D eigenvalue weighted by atomic mass is 10.0. The van der Waals surface area contributed by atoms with E-state index in [-0.39, 0.29) is 11.5 Å². The molecule has 1 atom stereocenters. The predicted molar refractivity (Wildman–Crippen MR) is 103 cm³/mol. The third-order valence-corrected chi connectivity index (χ3v) is 6.14. The molecule has 1 unspecified atom stereocenters. The Morgan fingerprint density at radius 2 is 2.04 bits per heavy atom. The van der Waals surface area contributed by atoms with Crippen molar-refractivity contribution >= 4 is 33.7 Å². The lowest BCUT2D eigenvalue weighted by Crippen LogP contribution is -2.39. The summed E-state index contributed by atoms with van der Waals surface area (Å²) >= 11 is -1.24. The van der Waals surface area contributed by atoms with E-state index < -0.39 is 16.8 Å². The molecule has 8 heteroatoms. The van der Waals surface area contributed by atoms with Gasteiger partial charge in [-0.1, -0.05) is 0 Å². The number of aryl methyl sites for hydroxylation is 1. The first kappa shape index (κ1) is 16.5. The number of carbonyl (C=O) groups is 1. The van der Waals surface area contributed by atoms with Crippen LogP contribution >= 0.6 is 0 Å². The van der Waals surface area contributed by atoms with Gasteiger partial charge >= 0.3 is 0 Å². The van der Waals surface area contributed by atoms with E-state index in [1.54, 1.807) is 31.8 Å². The molecule has 1 aliphatic heterocycles. The molecular weight excluding hydrogens is 366 g/mol. The number of aromatic amines is 1. The van der Waals surface area contributed by atoms with E-state index in [2.05, 4.69) is 10.3 Å². The monoisotopic (exact) mass is 383 g/mol. The largest absolute Gasteiger partial charge is 0.612 e. The fraction of sp³-hybridized carbons (Fsp3) is 0.263. The van der Waals surface area contributed by atoms with Crippen LogP contribution in [0.4, 0.5) is 5.69 Å². The van der Waals surface area contributed by atoms with E-state index in [0.29, 0.717) is 40.3 Å². The quantitative estimate of drug-likeness (QED) is 0.662. The first-order valence-corrected chi connectivity index (χ1v) is 10.1. The fourth-order valence-electron chi connectivity index (χ4n) is 3.58. The number of carbonyl (C=O) groups excluding carboxylic acids is 1. The van der Waals surface area contributed by atoms with Crippen molar-refractivity contribution in [2.75, 3.05) is 11.6 Å². The number of benzene rings is 1. The van der Waals surface area contributed by atoms with Gasteiger partial charge < -0.3 is 24.2 Å². The maximum Gasteiger partial charge on any atom is 0.274 e. The number of hydrogen-bond acceptors (Lipinski definition) is 4. The Morgan fingerprint density at radius 1 is 1.26 bits per heavy atom. The van der Waals surface area contributed by atoms with Gasteiger partial charge in [-0.25, -0.2) is 0 Å². The van der Waals surface area contributed by atoms with Crippen LogP contribution in [-0.4, -0.2) is 31.9 Å². The number of amides is 1. The average molecular weight is 383 g/mol. The van der Waals surface area contributed by atoms with Gasteiger partial charge in [-0.3, -0.25) is 9.59 Å². The van der Waals surface area contributed by atoms with Gasteiger partial charge in [0.2, 0.25) is 0 Å². The van der Waals surface area contributed by atoms with Crippen LogP contribution in [0, 0.1) is 0 Å². The third kappa shape index (κ3) is 2.33. The van der Waals surface area contributed by atoms with Crippen molar-refractivity contribution in [1.29, 1.82) is 0 Å². The van der Waals surface area contributed by atoms with Crippen molar-refractivity contribution in [3.05, 3.63) is 40.9 Å². The molecule has 3 aromatic rings. The van der Waals surface area contributed by atoms with Gasteiger partial charge in [0.1, 0.15) is 11.8 Å². The van der Waals surface area contributed by atoms with Crippen LogP contribution in [0.25, 0.3) is 22.0 Å². The lowest BCUT2D eigenvalue weighted by molar-refractivity contribution is -0.125. The van der Waals surface area contributed by atoms with Crippen LogP contribution in [0.5, 0.6) is 5.75 Å². The summed E-state index contributed by atoms with van der Waals surface area (Å²) in [6, 6.07) is 5.34. The molecule has 1 amide bonds. The molecule has 1 aliphatic carbocycles. The normalized spacial score (nSPS) is 18.1. The highest BCUT2D eigenvalue weighted by molar-refractivity contribution is 7.90. The van der Waals surface area contributed by atoms with E-state index in [1.165, 1.54) is 4.57 Å². The molecule has 27 heavy (non-hydrogen) atoms. The fourth-order valence-corrected chi connectivity index (χ4v) is 4.14. The minimum absolute atomic E-state index is 0.129. The molecule has 0 bridgehead atoms. The number of pyridine rings is 1. The molecule has 1 spiro atoms. The smallest absolute Gasteiger partial charge is 0.274 e. The first-order chi connectivity index (χ1) is 12.9. The number of nitrogens with zero attached hydrogens (tertiary/aromatic N) is 1. The van der Waals surface area contributed by atoms with E-state index >= 15 is 0 Å². The minimum Gasteiger partial charge on any atom is -0.612 e. The van der Waals surface area contributed by atoms with Crippen molar-refractivity contribution in [1.82, 2.24) is 9.55 Å². The molecule has 7 nitrogen and oxygen atoms in total. The molecule has 138 valence electrons. The van der Waals surface area contributed by atoms with E-state index in [9.17, 15) is 14.1 Å². The molecule has 1 fully saturated rings. The number of ether oxygens (including phenoxy) is 1. The minimum atomic E-state index is -1.24. The van der Waals surface area contributed by atoms with Crippen LogP contribution in [0.3, 0.4) is 0 Å². The van der Waals surface area contributed by atoms with Crippen molar-refractivity contribution in [2.24, 2.45) is 7.05 Å². The Hall–Kier alpha value is -2.71. The Bertz CT molecular complexity index is 1170. The summed E-state index contributed by atoms with van der Waals surface area (Å²) in [5.41, 5.74) is 1.57. The van der Waals surface area contributed by atoms with Gasteiger partial charge in [0.05, 0.1) is 5.69 Å². The summed E-state index contributed by atoms with van der Waals surface area (Å²) in [6.07, 6.45) is 6.40. The number of aromatic nitrogens is 2. The highest BCUT2D eigenvalue weighted by Gasteiger charge is 2.56. The molecule has 1 aromatic carbocycles. The number of fused-ring (bicyclic) bond motifs is 2. The molecule has 2 aromatic heterocycles. The van der Waals surface area contributed by atoms with Gasteiger partial charge in [-0.2, -0.15) is 0 Å². The van der Waals surface area contributed by atoms with Crippen LogP contribution in [-0.2, 0) is 23.0 Å². The summed E-state index contributed by atoms with van der Waals surface area (Å²) in [5, 5.41) is 3.67. The number of nitrogens with one attached hydrogen (secondary N) is 2. The standard InChI is InChI=1S/C19H17N3O4S/c1-22-9-13(11-3-6-20-15(11)17(22)23)12-7-10(27(2)25)8-14-16(12)26-19(4-5-19)18(24)21-14/h3,6-9,20H,4-5H2,1-2H3,(H,21,24). The Kier molecular flexibility index (Phi) is 3.29. The Balaban J connectivity index is 1.83. The van der Waals surface area contributed by atoms with Crippen molar-refractivity contribution < 1.29 is 14.1 Å². The zero-order valence-corrected chi connectivity index (χ0v) is 15.6. The summed E-state index contributed by atoms with van der Waals surface area (Å²) in [6.45, 7) is 0. The maximum atomic E-state index is 12.4. The molecule has 2 N–H and O–H groups in total. The first-order valence-electron chi connectivity index (χ1n) is 8.59. The Morgan fingerprint density at radius 3 is 2.74 bits per heavy atom. The van der Waals surface area contributed by atoms with Crippen LogP contribution < -0.4 is 15.6 Å². The SMILES string of the molecule is Cn1cc(-c2cc([S+](C)[O-])cc3c2OC2(CC2)C(=O)N3)c2cc[nH]c2c1=O. The second kappa shape index (κ2) is 5.40. The molecule has 3 heterocycles. The second-order valence-corrected chi connectivity index (χ2v) is 8.46. The molecule has 0 radical (unpaired) electrons. The van der Waals surface area contributed by atoms with Gasteiger partial charge in [0, 0.05) is 60.9 Å². The van der Waals surface area contributed by atoms with Gasteiger partial charge in [-0.05, 0) is 17.2 Å². The number of anilines is 1. The summed E-state index contributed by atoms with van der Waals surface area (Å²) in [4.78, 5) is 28.3. The third-order valence-electron chi connectivity index (χ3n) is 5.24. The number of rotatable bonds is 2. The molecule has 5 rings (SSSR count). The maximum absolute atomic E-state index is 12.4. The van der Waals surface area contributed by atoms with E-state index in [1.807, 2.05) is 12.1 Å². The zero-order chi connectivity index (χ0) is 18.9. The zero-order valence-electron chi connectivity index (χ0n) is 14.8. The summed E-state index contributed by atoms with van der Waals surface area (Å²) in [5.74, 6) is 0.398. The second-order valence-electron chi connectivity index (χ2n) is 7.08. The highest BCUT2D eigenvalue weighted by Crippen LogP contribution is 2.51. The Labute approximate surface area is 157 Å². The predicted octanol–water partition coefficient (Wildman–Crippen LogP) is 2.13. The van der Waals surface area contributed by atoms with Crippen molar-refractivity contribution in [2.45, 2.75) is 23.3 Å². The van der Waals surface area contributed by atoms with Crippen LogP contribution in [0.15, 0.2) is 40.3 Å². The molecule has 2 aliphatic rings. The average Bonchev–Trinajstić information content (AvgIpc) is 3.23. The molecule has 1 saturated carbocycles. The van der Waals surface area contributed by atoms with Crippen LogP contribution in [0.2, 0.25) is 0 Å². The van der Waals surface area contributed by atoms with Gasteiger partial charge in [0.25, 0.3) is 11.5 Å². The highest BCUT2D eigenvalue weighted by atomic mass is 32.2. The van der Waals surface area contributed by atoms with Crippen molar-refractivity contribution in [3.8, 4) is 16.9 Å². The summed E-state index contributed by atoms with van der Waals surface area (Å²) < 4.78 is 19.8.